The maximum absolute atomic E-state index is 11.2. The molecule has 1 rings (SSSR count). The number of aromatic nitrogens is 2. The third-order valence-corrected chi connectivity index (χ3v) is 2.56. The number of hydrogen-bond donors (Lipinski definition) is 2. The molecule has 1 aromatic heterocycles. The summed E-state index contributed by atoms with van der Waals surface area (Å²) in [7, 11) is 0. The second kappa shape index (κ2) is 6.58. The fraction of sp³-hybridized carbons (Fsp3) is 0.625. The van der Waals surface area contributed by atoms with E-state index in [1.807, 2.05) is 6.92 Å². The van der Waals surface area contributed by atoms with E-state index in [2.05, 4.69) is 19.4 Å². The summed E-state index contributed by atoms with van der Waals surface area (Å²) >= 11 is 6.76. The lowest BCUT2D eigenvalue weighted by atomic mass is 10.4. The Kier molecular flexibility index (Phi) is 5.34. The van der Waals surface area contributed by atoms with Gasteiger partial charge in [0.15, 0.2) is 11.0 Å². The molecule has 0 fully saturated rings. The Hall–Kier alpha value is -0.880. The van der Waals surface area contributed by atoms with Crippen LogP contribution in [-0.4, -0.2) is 27.7 Å². The number of nitrogens with one attached hydrogen (secondary N) is 2. The van der Waals surface area contributed by atoms with Crippen LogP contribution in [0, 0.1) is 0 Å². The number of carbonyl (C=O) groups excluding carboxylic acids is 1. The highest BCUT2D eigenvalue weighted by Gasteiger charge is 2.05. The molecule has 0 radical (unpaired) electrons. The van der Waals surface area contributed by atoms with Crippen LogP contribution in [-0.2, 0) is 4.79 Å². The molecular weight excluding hydrogens is 236 g/mol. The van der Waals surface area contributed by atoms with Crippen LogP contribution in [0.4, 0.5) is 5.82 Å². The predicted octanol–water partition coefficient (Wildman–Crippen LogP) is 1.52. The number of amides is 1. The lowest BCUT2D eigenvalue weighted by Crippen LogP contribution is -2.25. The summed E-state index contributed by atoms with van der Waals surface area (Å²) in [5, 5.41) is 6.08. The summed E-state index contributed by atoms with van der Waals surface area (Å²) in [6.07, 6.45) is 1.36. The summed E-state index contributed by atoms with van der Waals surface area (Å²) in [4.78, 5) is 11.2. The molecule has 5 nitrogen and oxygen atoms in total. The summed E-state index contributed by atoms with van der Waals surface area (Å²) in [6, 6.07) is 0. The van der Waals surface area contributed by atoms with Gasteiger partial charge in [-0.25, -0.2) is 0 Å². The highest BCUT2D eigenvalue weighted by atomic mass is 35.5. The monoisotopic (exact) mass is 248 g/mol. The van der Waals surface area contributed by atoms with Crippen LogP contribution in [0.1, 0.15) is 19.8 Å². The van der Waals surface area contributed by atoms with Gasteiger partial charge >= 0.3 is 0 Å². The Bertz CT molecular complexity index is 317. The highest BCUT2D eigenvalue weighted by Crippen LogP contribution is 2.17. The maximum atomic E-state index is 11.2. The van der Waals surface area contributed by atoms with Gasteiger partial charge in [0.05, 0.1) is 11.7 Å². The van der Waals surface area contributed by atoms with E-state index in [-0.39, 0.29) is 5.91 Å². The van der Waals surface area contributed by atoms with E-state index in [0.717, 1.165) is 24.7 Å². The quantitative estimate of drug-likeness (QED) is 0.801. The maximum Gasteiger partial charge on any atom is 0.221 e. The van der Waals surface area contributed by atoms with E-state index in [9.17, 15) is 4.79 Å². The van der Waals surface area contributed by atoms with Crippen molar-refractivity contribution in [3.05, 3.63) is 5.15 Å². The highest BCUT2D eigenvalue weighted by molar-refractivity contribution is 6.99. The molecule has 0 saturated carbocycles. The van der Waals surface area contributed by atoms with Crippen LogP contribution in [0.3, 0.4) is 0 Å². The molecule has 0 unspecified atom stereocenters. The van der Waals surface area contributed by atoms with Crippen molar-refractivity contribution < 1.29 is 4.79 Å². The van der Waals surface area contributed by atoms with Crippen molar-refractivity contribution in [3.8, 4) is 0 Å². The molecule has 0 atom stereocenters. The van der Waals surface area contributed by atoms with Crippen molar-refractivity contribution in [2.45, 2.75) is 19.8 Å². The molecule has 0 aliphatic carbocycles. The number of halogens is 1. The van der Waals surface area contributed by atoms with Gasteiger partial charge in [-0.05, 0) is 6.42 Å². The second-order valence-electron chi connectivity index (χ2n) is 2.93. The van der Waals surface area contributed by atoms with E-state index in [0.29, 0.717) is 23.9 Å². The topological polar surface area (TPSA) is 66.9 Å². The van der Waals surface area contributed by atoms with Crippen LogP contribution < -0.4 is 10.6 Å². The first-order chi connectivity index (χ1) is 7.24. The Morgan fingerprint density at radius 3 is 2.87 bits per heavy atom. The standard InChI is InChI=1S/C8H13ClN4OS/c1-2-4-10-6(14)3-5-11-8-7(9)12-15-13-8/h2-5H2,1H3,(H,10,14)(H,11,13). The zero-order valence-electron chi connectivity index (χ0n) is 8.42. The van der Waals surface area contributed by atoms with Gasteiger partial charge in [-0.2, -0.15) is 8.75 Å². The van der Waals surface area contributed by atoms with Gasteiger partial charge in [-0.1, -0.05) is 18.5 Å². The van der Waals surface area contributed by atoms with Crippen LogP contribution in [0.2, 0.25) is 5.15 Å². The molecule has 84 valence electrons. The molecule has 0 aromatic carbocycles. The van der Waals surface area contributed by atoms with Crippen molar-refractivity contribution in [2.24, 2.45) is 0 Å². The minimum Gasteiger partial charge on any atom is -0.366 e. The SMILES string of the molecule is CCCNC(=O)CCNc1nsnc1Cl. The summed E-state index contributed by atoms with van der Waals surface area (Å²) in [6.45, 7) is 3.25. The lowest BCUT2D eigenvalue weighted by Gasteiger charge is -2.04. The Morgan fingerprint density at radius 2 is 2.27 bits per heavy atom. The molecule has 2 N–H and O–H groups in total. The first kappa shape index (κ1) is 12.2. The zero-order chi connectivity index (χ0) is 11.1. The van der Waals surface area contributed by atoms with Gasteiger partial charge in [-0.15, -0.1) is 0 Å². The van der Waals surface area contributed by atoms with E-state index in [4.69, 9.17) is 11.6 Å². The summed E-state index contributed by atoms with van der Waals surface area (Å²) in [5.41, 5.74) is 0. The van der Waals surface area contributed by atoms with E-state index in [1.54, 1.807) is 0 Å². The Balaban J connectivity index is 2.16. The van der Waals surface area contributed by atoms with E-state index >= 15 is 0 Å². The fourth-order valence-corrected chi connectivity index (χ4v) is 1.61. The van der Waals surface area contributed by atoms with Crippen LogP contribution >= 0.6 is 23.3 Å². The minimum atomic E-state index is 0.0312. The largest absolute Gasteiger partial charge is 0.366 e. The van der Waals surface area contributed by atoms with Crippen LogP contribution in [0.15, 0.2) is 0 Å². The third-order valence-electron chi connectivity index (χ3n) is 1.67. The van der Waals surface area contributed by atoms with Gasteiger partial charge in [0.1, 0.15) is 0 Å². The first-order valence-corrected chi connectivity index (χ1v) is 5.83. The van der Waals surface area contributed by atoms with Gasteiger partial charge in [0.25, 0.3) is 0 Å². The van der Waals surface area contributed by atoms with Gasteiger partial charge in [-0.3, -0.25) is 4.79 Å². The molecule has 0 bridgehead atoms. The van der Waals surface area contributed by atoms with Gasteiger partial charge in [0, 0.05) is 19.5 Å². The molecule has 1 heterocycles. The van der Waals surface area contributed by atoms with E-state index in [1.165, 1.54) is 0 Å². The average Bonchev–Trinajstić information content (AvgIpc) is 2.61. The third kappa shape index (κ3) is 4.44. The average molecular weight is 249 g/mol. The van der Waals surface area contributed by atoms with Crippen molar-refractivity contribution in [3.63, 3.8) is 0 Å². The molecular formula is C8H13ClN4OS. The van der Waals surface area contributed by atoms with Crippen molar-refractivity contribution in [1.29, 1.82) is 0 Å². The number of nitrogens with zero attached hydrogens (tertiary/aromatic N) is 2. The minimum absolute atomic E-state index is 0.0312. The predicted molar refractivity (Wildman–Crippen MR) is 61.3 cm³/mol. The molecule has 1 aromatic rings. The Labute approximate surface area is 97.5 Å². The molecule has 0 aliphatic heterocycles. The number of hydrogen-bond acceptors (Lipinski definition) is 5. The molecule has 1 amide bonds. The fourth-order valence-electron chi connectivity index (χ4n) is 0.930. The summed E-state index contributed by atoms with van der Waals surface area (Å²) in [5.74, 6) is 0.577. The van der Waals surface area contributed by atoms with Crippen LogP contribution in [0.5, 0.6) is 0 Å². The summed E-state index contributed by atoms with van der Waals surface area (Å²) < 4.78 is 7.73. The molecule has 0 saturated heterocycles. The van der Waals surface area contributed by atoms with Crippen molar-refractivity contribution in [1.82, 2.24) is 14.1 Å². The molecule has 0 aliphatic rings. The van der Waals surface area contributed by atoms with Gasteiger partial charge < -0.3 is 10.6 Å². The molecule has 7 heteroatoms. The zero-order valence-corrected chi connectivity index (χ0v) is 9.99. The second-order valence-corrected chi connectivity index (χ2v) is 3.82. The normalized spacial score (nSPS) is 10.0. The smallest absolute Gasteiger partial charge is 0.221 e. The number of anilines is 1. The Morgan fingerprint density at radius 1 is 1.47 bits per heavy atom. The van der Waals surface area contributed by atoms with Gasteiger partial charge in [0.2, 0.25) is 5.91 Å². The van der Waals surface area contributed by atoms with Crippen LogP contribution in [0.25, 0.3) is 0 Å². The number of rotatable bonds is 6. The van der Waals surface area contributed by atoms with E-state index < -0.39 is 0 Å². The molecule has 15 heavy (non-hydrogen) atoms. The van der Waals surface area contributed by atoms with Crippen molar-refractivity contribution in [2.75, 3.05) is 18.4 Å². The molecule has 0 spiro atoms. The lowest BCUT2D eigenvalue weighted by molar-refractivity contribution is -0.120. The first-order valence-electron chi connectivity index (χ1n) is 4.72. The van der Waals surface area contributed by atoms with Crippen molar-refractivity contribution >= 4 is 35.1 Å². The number of carbonyl (C=O) groups is 1.